The van der Waals surface area contributed by atoms with Gasteiger partial charge in [0.15, 0.2) is 5.82 Å². The van der Waals surface area contributed by atoms with Gasteiger partial charge in [-0.3, -0.25) is 9.47 Å². The Labute approximate surface area is 203 Å². The van der Waals surface area contributed by atoms with Gasteiger partial charge in [0.2, 0.25) is 9.84 Å². The molecule has 2 aromatic carbocycles. The molecule has 1 saturated heterocycles. The van der Waals surface area contributed by atoms with Crippen LogP contribution < -0.4 is 0 Å². The molecule has 0 N–H and O–H groups in total. The first-order chi connectivity index (χ1) is 16.0. The van der Waals surface area contributed by atoms with E-state index in [0.717, 1.165) is 49.5 Å². The van der Waals surface area contributed by atoms with Crippen LogP contribution in [0, 0.1) is 13.8 Å². The van der Waals surface area contributed by atoms with Gasteiger partial charge in [-0.2, -0.15) is 0 Å². The van der Waals surface area contributed by atoms with Gasteiger partial charge in [-0.1, -0.05) is 32.0 Å². The number of benzene rings is 2. The van der Waals surface area contributed by atoms with E-state index in [1.54, 1.807) is 4.57 Å². The van der Waals surface area contributed by atoms with Crippen molar-refractivity contribution in [1.82, 2.24) is 24.6 Å². The number of sulfone groups is 1. The van der Waals surface area contributed by atoms with E-state index in [1.165, 1.54) is 22.9 Å². The lowest BCUT2D eigenvalue weighted by atomic mass is 9.93. The molecular weight excluding hydrogens is 446 g/mol. The van der Waals surface area contributed by atoms with Crippen molar-refractivity contribution < 1.29 is 8.42 Å². The summed E-state index contributed by atoms with van der Waals surface area (Å²) < 4.78 is 26.9. The van der Waals surface area contributed by atoms with E-state index in [0.29, 0.717) is 11.7 Å². The second-order valence-corrected chi connectivity index (χ2v) is 11.7. The molecule has 0 unspecified atom stereocenters. The van der Waals surface area contributed by atoms with Crippen molar-refractivity contribution in [2.45, 2.75) is 45.3 Å². The first-order valence-electron chi connectivity index (χ1n) is 11.8. The number of piperazine rings is 1. The molecule has 0 amide bonds. The van der Waals surface area contributed by atoms with E-state index in [2.05, 4.69) is 72.1 Å². The highest BCUT2D eigenvalue weighted by Gasteiger charge is 2.24. The Kier molecular flexibility index (Phi) is 6.94. The molecule has 182 valence electrons. The Balaban J connectivity index is 1.75. The Bertz CT molecular complexity index is 1270. The van der Waals surface area contributed by atoms with Crippen LogP contribution >= 0.6 is 0 Å². The fourth-order valence-corrected chi connectivity index (χ4v) is 5.38. The lowest BCUT2D eigenvalue weighted by Gasteiger charge is -2.32. The quantitative estimate of drug-likeness (QED) is 0.533. The van der Waals surface area contributed by atoms with Gasteiger partial charge >= 0.3 is 0 Å². The van der Waals surface area contributed by atoms with Crippen LogP contribution in [0.2, 0.25) is 0 Å². The summed E-state index contributed by atoms with van der Waals surface area (Å²) >= 11 is 0. The summed E-state index contributed by atoms with van der Waals surface area (Å²) in [6.07, 6.45) is 1.18. The van der Waals surface area contributed by atoms with E-state index in [9.17, 15) is 8.42 Å². The Morgan fingerprint density at radius 1 is 0.941 bits per heavy atom. The molecule has 0 atom stereocenters. The van der Waals surface area contributed by atoms with Gasteiger partial charge in [0.25, 0.3) is 5.16 Å². The Hall–Kier alpha value is -2.55. The molecule has 1 aliphatic rings. The summed E-state index contributed by atoms with van der Waals surface area (Å²) in [6, 6.07) is 12.4. The number of rotatable bonds is 6. The summed E-state index contributed by atoms with van der Waals surface area (Å²) in [7, 11) is -1.42. The zero-order valence-corrected chi connectivity index (χ0v) is 21.9. The number of likely N-dealkylation sites (N-methyl/N-ethyl adjacent to an activating group) is 1. The largest absolute Gasteiger partial charge is 0.304 e. The fourth-order valence-electron chi connectivity index (χ4n) is 4.66. The smallest absolute Gasteiger partial charge is 0.254 e. The molecular formula is C26H35N5O2S. The van der Waals surface area contributed by atoms with Crippen LogP contribution in [0.3, 0.4) is 0 Å². The third-order valence-electron chi connectivity index (χ3n) is 6.64. The highest BCUT2D eigenvalue weighted by atomic mass is 32.2. The number of nitrogens with zero attached hydrogens (tertiary/aromatic N) is 5. The molecule has 34 heavy (non-hydrogen) atoms. The van der Waals surface area contributed by atoms with Gasteiger partial charge in [-0.25, -0.2) is 8.42 Å². The molecule has 2 heterocycles. The van der Waals surface area contributed by atoms with Crippen LogP contribution in [0.4, 0.5) is 0 Å². The molecule has 4 rings (SSSR count). The van der Waals surface area contributed by atoms with Gasteiger partial charge < -0.3 is 4.90 Å². The highest BCUT2D eigenvalue weighted by Crippen LogP contribution is 2.32. The Morgan fingerprint density at radius 2 is 1.59 bits per heavy atom. The molecule has 7 nitrogen and oxygen atoms in total. The fraction of sp³-hybridized carbons (Fsp3) is 0.462. The third-order valence-corrected chi connectivity index (χ3v) is 7.57. The molecule has 8 heteroatoms. The minimum absolute atomic E-state index is 0.0413. The molecule has 1 fully saturated rings. The molecule has 0 bridgehead atoms. The van der Waals surface area contributed by atoms with Crippen molar-refractivity contribution in [3.8, 4) is 17.1 Å². The standard InChI is InChI=1S/C26H35N5O2S/c1-18(2)23-16-24(20(4)15-19(23)3)25-27-28-26(34(6,32)33)31(25)22-9-7-21(8-10-22)17-30-13-11-29(5)12-14-30/h7-10,15-16,18H,11-14,17H2,1-6H3. The molecule has 0 saturated carbocycles. The topological polar surface area (TPSA) is 71.3 Å². The van der Waals surface area contributed by atoms with Crippen molar-refractivity contribution in [1.29, 1.82) is 0 Å². The van der Waals surface area contributed by atoms with Gasteiger partial charge in [-0.15, -0.1) is 10.2 Å². The zero-order valence-electron chi connectivity index (χ0n) is 21.0. The minimum atomic E-state index is -3.58. The SMILES string of the molecule is Cc1cc(C)c(C(C)C)cc1-c1nnc(S(C)(=O)=O)n1-c1ccc(CN2CCN(C)CC2)cc1. The van der Waals surface area contributed by atoms with Crippen LogP contribution in [0.25, 0.3) is 17.1 Å². The summed E-state index contributed by atoms with van der Waals surface area (Å²) in [5.41, 5.74) is 6.34. The summed E-state index contributed by atoms with van der Waals surface area (Å²) in [5, 5.41) is 8.44. The molecule has 0 spiro atoms. The van der Waals surface area contributed by atoms with Crippen LogP contribution in [-0.4, -0.2) is 72.5 Å². The van der Waals surface area contributed by atoms with E-state index in [4.69, 9.17) is 0 Å². The van der Waals surface area contributed by atoms with Gasteiger partial charge in [0.1, 0.15) is 0 Å². The highest BCUT2D eigenvalue weighted by molar-refractivity contribution is 7.90. The summed E-state index contributed by atoms with van der Waals surface area (Å²) in [5.74, 6) is 0.894. The Morgan fingerprint density at radius 3 is 2.18 bits per heavy atom. The number of aryl methyl sites for hydroxylation is 2. The summed E-state index contributed by atoms with van der Waals surface area (Å²) in [6.45, 7) is 13.6. The predicted octanol–water partition coefficient (Wildman–Crippen LogP) is 3.83. The molecule has 0 aliphatic carbocycles. The normalized spacial score (nSPS) is 15.9. The van der Waals surface area contributed by atoms with Crippen LogP contribution in [0.1, 0.15) is 42.0 Å². The molecule has 1 aromatic heterocycles. The summed E-state index contributed by atoms with van der Waals surface area (Å²) in [4.78, 5) is 4.79. The van der Waals surface area contributed by atoms with Crippen molar-refractivity contribution in [2.75, 3.05) is 39.5 Å². The van der Waals surface area contributed by atoms with E-state index < -0.39 is 9.84 Å². The van der Waals surface area contributed by atoms with Crippen molar-refractivity contribution in [3.05, 3.63) is 58.7 Å². The first-order valence-corrected chi connectivity index (χ1v) is 13.7. The van der Waals surface area contributed by atoms with Crippen molar-refractivity contribution in [3.63, 3.8) is 0 Å². The van der Waals surface area contributed by atoms with Gasteiger partial charge in [0.05, 0.1) is 0 Å². The van der Waals surface area contributed by atoms with E-state index >= 15 is 0 Å². The minimum Gasteiger partial charge on any atom is -0.304 e. The monoisotopic (exact) mass is 481 g/mol. The van der Waals surface area contributed by atoms with Crippen LogP contribution in [0.15, 0.2) is 41.6 Å². The van der Waals surface area contributed by atoms with Crippen LogP contribution in [0.5, 0.6) is 0 Å². The van der Waals surface area contributed by atoms with E-state index in [1.807, 2.05) is 19.1 Å². The number of hydrogen-bond donors (Lipinski definition) is 0. The molecule has 1 aliphatic heterocycles. The molecule has 3 aromatic rings. The van der Waals surface area contributed by atoms with E-state index in [-0.39, 0.29) is 5.16 Å². The second-order valence-electron chi connectivity index (χ2n) is 9.84. The van der Waals surface area contributed by atoms with Crippen LogP contribution in [-0.2, 0) is 16.4 Å². The maximum Gasteiger partial charge on any atom is 0.254 e. The number of hydrogen-bond acceptors (Lipinski definition) is 6. The predicted molar refractivity (Wildman–Crippen MR) is 136 cm³/mol. The first kappa shape index (κ1) is 24.6. The molecule has 0 radical (unpaired) electrons. The zero-order chi connectivity index (χ0) is 24.6. The number of aromatic nitrogens is 3. The van der Waals surface area contributed by atoms with Crippen molar-refractivity contribution >= 4 is 9.84 Å². The maximum atomic E-state index is 12.6. The average molecular weight is 482 g/mol. The lowest BCUT2D eigenvalue weighted by Crippen LogP contribution is -2.43. The van der Waals surface area contributed by atoms with Crippen molar-refractivity contribution in [2.24, 2.45) is 0 Å². The van der Waals surface area contributed by atoms with Gasteiger partial charge in [-0.05, 0) is 67.3 Å². The maximum absolute atomic E-state index is 12.6. The third kappa shape index (κ3) is 5.09. The van der Waals surface area contributed by atoms with Gasteiger partial charge in [0, 0.05) is 50.2 Å². The second kappa shape index (κ2) is 9.60. The average Bonchev–Trinajstić information content (AvgIpc) is 3.21. The lowest BCUT2D eigenvalue weighted by molar-refractivity contribution is 0.148.